The molecule has 1 atom stereocenters. The summed E-state index contributed by atoms with van der Waals surface area (Å²) in [7, 11) is 0. The van der Waals surface area contributed by atoms with Gasteiger partial charge < -0.3 is 10.1 Å². The Morgan fingerprint density at radius 3 is 2.55 bits per heavy atom. The molecule has 1 aliphatic carbocycles. The molecule has 0 N–H and O–H groups in total. The van der Waals surface area contributed by atoms with Gasteiger partial charge in [-0.1, -0.05) is 23.7 Å². The summed E-state index contributed by atoms with van der Waals surface area (Å²) < 4.78 is 0.631. The van der Waals surface area contributed by atoms with Crippen LogP contribution < -0.4 is 4.73 Å². The number of nitrogens with zero attached hydrogens (tertiary/aromatic N) is 2. The molecule has 5 heteroatoms. The number of hydrogen-bond acceptors (Lipinski definition) is 2. The standard InChI is InChI=1S/C17H17ClN2O2/c1-12(13-5-7-14(18)8-6-13)20(15-9-10-15)17(21)16-4-2-3-11-19(16)22/h2-8,11-12,15H,9-10H2,1H3/t12-/m1/s1. The van der Waals surface area contributed by atoms with Crippen LogP contribution >= 0.6 is 11.6 Å². The van der Waals surface area contributed by atoms with Crippen molar-refractivity contribution in [2.45, 2.75) is 31.8 Å². The Morgan fingerprint density at radius 1 is 1.27 bits per heavy atom. The zero-order valence-corrected chi connectivity index (χ0v) is 13.0. The molecule has 1 heterocycles. The van der Waals surface area contributed by atoms with Gasteiger partial charge in [-0.05, 0) is 43.5 Å². The summed E-state index contributed by atoms with van der Waals surface area (Å²) in [6.45, 7) is 1.98. The van der Waals surface area contributed by atoms with E-state index in [1.54, 1.807) is 18.2 Å². The minimum Gasteiger partial charge on any atom is -0.618 e. The van der Waals surface area contributed by atoms with Crippen molar-refractivity contribution in [3.05, 3.63) is 70.1 Å². The lowest BCUT2D eigenvalue weighted by atomic mass is 10.1. The normalized spacial score (nSPS) is 15.4. The molecular weight excluding hydrogens is 300 g/mol. The van der Waals surface area contributed by atoms with Crippen molar-refractivity contribution in [1.29, 1.82) is 0 Å². The SMILES string of the molecule is C[C@H](c1ccc(Cl)cc1)N(C(=O)c1cccc[n+]1[O-])C1CC1. The van der Waals surface area contributed by atoms with Crippen molar-refractivity contribution < 1.29 is 9.52 Å². The molecule has 0 bridgehead atoms. The molecule has 3 rings (SSSR count). The van der Waals surface area contributed by atoms with Crippen LogP contribution in [0.4, 0.5) is 0 Å². The molecule has 4 nitrogen and oxygen atoms in total. The molecule has 0 radical (unpaired) electrons. The maximum Gasteiger partial charge on any atom is 0.320 e. The van der Waals surface area contributed by atoms with E-state index in [1.165, 1.54) is 6.20 Å². The van der Waals surface area contributed by atoms with Gasteiger partial charge in [0.2, 0.25) is 0 Å². The largest absolute Gasteiger partial charge is 0.618 e. The second-order valence-electron chi connectivity index (χ2n) is 5.58. The molecule has 1 fully saturated rings. The molecule has 0 aliphatic heterocycles. The molecule has 2 aromatic rings. The van der Waals surface area contributed by atoms with Crippen LogP contribution in [0.25, 0.3) is 0 Å². The summed E-state index contributed by atoms with van der Waals surface area (Å²) in [4.78, 5) is 14.6. The van der Waals surface area contributed by atoms with Crippen LogP contribution in [-0.2, 0) is 0 Å². The van der Waals surface area contributed by atoms with Gasteiger partial charge in [0.25, 0.3) is 5.69 Å². The van der Waals surface area contributed by atoms with Crippen LogP contribution in [0.2, 0.25) is 5.02 Å². The van der Waals surface area contributed by atoms with Gasteiger partial charge in [-0.2, -0.15) is 4.73 Å². The van der Waals surface area contributed by atoms with E-state index in [0.29, 0.717) is 9.75 Å². The quantitative estimate of drug-likeness (QED) is 0.641. The fourth-order valence-electron chi connectivity index (χ4n) is 2.64. The van der Waals surface area contributed by atoms with Gasteiger partial charge >= 0.3 is 5.91 Å². The average Bonchev–Trinajstić information content (AvgIpc) is 3.33. The lowest BCUT2D eigenvalue weighted by Gasteiger charge is -2.29. The van der Waals surface area contributed by atoms with Crippen molar-refractivity contribution in [3.8, 4) is 0 Å². The molecule has 1 aliphatic rings. The number of rotatable bonds is 4. The van der Waals surface area contributed by atoms with Crippen molar-refractivity contribution in [2.75, 3.05) is 0 Å². The van der Waals surface area contributed by atoms with E-state index in [4.69, 9.17) is 11.6 Å². The van der Waals surface area contributed by atoms with Gasteiger partial charge in [-0.15, -0.1) is 0 Å². The Morgan fingerprint density at radius 2 is 1.95 bits per heavy atom. The molecule has 1 aromatic carbocycles. The minimum atomic E-state index is -0.222. The number of benzene rings is 1. The third kappa shape index (κ3) is 2.92. The van der Waals surface area contributed by atoms with Gasteiger partial charge in [-0.3, -0.25) is 4.79 Å². The number of amides is 1. The molecule has 0 spiro atoms. The van der Waals surface area contributed by atoms with E-state index >= 15 is 0 Å². The van der Waals surface area contributed by atoms with Crippen LogP contribution in [0.1, 0.15) is 41.9 Å². The molecule has 1 saturated carbocycles. The highest BCUT2D eigenvalue weighted by atomic mass is 35.5. The predicted octanol–water partition coefficient (Wildman–Crippen LogP) is 3.34. The van der Waals surface area contributed by atoms with Crippen LogP contribution in [0.15, 0.2) is 48.7 Å². The highest BCUT2D eigenvalue weighted by Gasteiger charge is 2.39. The molecular formula is C17H17ClN2O2. The summed E-state index contributed by atoms with van der Waals surface area (Å²) in [6, 6.07) is 12.5. The molecule has 1 aromatic heterocycles. The average molecular weight is 317 g/mol. The number of hydrogen-bond donors (Lipinski definition) is 0. The van der Waals surface area contributed by atoms with E-state index in [1.807, 2.05) is 36.1 Å². The highest BCUT2D eigenvalue weighted by molar-refractivity contribution is 6.30. The summed E-state index contributed by atoms with van der Waals surface area (Å²) in [5.41, 5.74) is 1.17. The second kappa shape index (κ2) is 5.97. The Bertz CT molecular complexity index is 683. The minimum absolute atomic E-state index is 0.0996. The van der Waals surface area contributed by atoms with Gasteiger partial charge in [-0.25, -0.2) is 0 Å². The van der Waals surface area contributed by atoms with Gasteiger partial charge in [0.15, 0.2) is 6.20 Å². The third-order valence-electron chi connectivity index (χ3n) is 3.99. The Labute approximate surface area is 134 Å². The molecule has 22 heavy (non-hydrogen) atoms. The Kier molecular flexibility index (Phi) is 4.03. The van der Waals surface area contributed by atoms with Gasteiger partial charge in [0.1, 0.15) is 0 Å². The maximum atomic E-state index is 12.8. The zero-order valence-electron chi connectivity index (χ0n) is 12.3. The monoisotopic (exact) mass is 316 g/mol. The Balaban J connectivity index is 1.91. The molecule has 0 unspecified atom stereocenters. The van der Waals surface area contributed by atoms with E-state index in [-0.39, 0.29) is 23.7 Å². The first-order valence-electron chi connectivity index (χ1n) is 7.34. The van der Waals surface area contributed by atoms with Crippen LogP contribution in [0.3, 0.4) is 0 Å². The van der Waals surface area contributed by atoms with E-state index in [9.17, 15) is 10.0 Å². The molecule has 1 amide bonds. The number of aromatic nitrogens is 1. The fourth-order valence-corrected chi connectivity index (χ4v) is 2.76. The third-order valence-corrected chi connectivity index (χ3v) is 4.24. The number of halogens is 1. The fraction of sp³-hybridized carbons (Fsp3) is 0.294. The lowest BCUT2D eigenvalue weighted by molar-refractivity contribution is -0.608. The van der Waals surface area contributed by atoms with Crippen LogP contribution in [-0.4, -0.2) is 16.8 Å². The topological polar surface area (TPSA) is 47.2 Å². The van der Waals surface area contributed by atoms with Crippen molar-refractivity contribution in [2.24, 2.45) is 0 Å². The smallest absolute Gasteiger partial charge is 0.320 e. The van der Waals surface area contributed by atoms with Crippen molar-refractivity contribution >= 4 is 17.5 Å². The first kappa shape index (κ1) is 14.9. The van der Waals surface area contributed by atoms with Crippen molar-refractivity contribution in [1.82, 2.24) is 4.90 Å². The summed E-state index contributed by atoms with van der Waals surface area (Å²) in [5.74, 6) is -0.222. The van der Waals surface area contributed by atoms with Gasteiger partial charge in [0.05, 0.1) is 6.04 Å². The number of carbonyl (C=O) groups is 1. The summed E-state index contributed by atoms with van der Waals surface area (Å²) >= 11 is 5.92. The zero-order chi connectivity index (χ0) is 15.7. The predicted molar refractivity (Wildman–Crippen MR) is 84.5 cm³/mol. The van der Waals surface area contributed by atoms with E-state index in [2.05, 4.69) is 0 Å². The first-order chi connectivity index (χ1) is 10.6. The second-order valence-corrected chi connectivity index (χ2v) is 6.02. The lowest BCUT2D eigenvalue weighted by Crippen LogP contribution is -2.43. The van der Waals surface area contributed by atoms with E-state index < -0.39 is 0 Å². The highest BCUT2D eigenvalue weighted by Crippen LogP contribution is 2.35. The first-order valence-corrected chi connectivity index (χ1v) is 7.72. The van der Waals surface area contributed by atoms with Gasteiger partial charge in [0, 0.05) is 23.2 Å². The van der Waals surface area contributed by atoms with Crippen LogP contribution in [0.5, 0.6) is 0 Å². The number of pyridine rings is 1. The van der Waals surface area contributed by atoms with Crippen LogP contribution in [0, 0.1) is 5.21 Å². The van der Waals surface area contributed by atoms with E-state index in [0.717, 1.165) is 18.4 Å². The van der Waals surface area contributed by atoms with Crippen molar-refractivity contribution in [3.63, 3.8) is 0 Å². The molecule has 114 valence electrons. The summed E-state index contributed by atoms with van der Waals surface area (Å²) in [6.07, 6.45) is 3.32. The number of carbonyl (C=O) groups excluding carboxylic acids is 1. The summed E-state index contributed by atoms with van der Waals surface area (Å²) in [5, 5.41) is 12.5. The molecule has 0 saturated heterocycles. The maximum absolute atomic E-state index is 12.8. The Hall–Kier alpha value is -2.07.